The summed E-state index contributed by atoms with van der Waals surface area (Å²) in [6.45, 7) is 5.60. The molecule has 1 heterocycles. The number of esters is 1. The van der Waals surface area contributed by atoms with Crippen LogP contribution in [0.25, 0.3) is 0 Å². The number of unbranched alkanes of at least 4 members (excludes halogenated alkanes) is 22. The van der Waals surface area contributed by atoms with E-state index in [9.17, 15) is 35.1 Å². The normalized spacial score (nSPS) is 20.1. The second kappa shape index (κ2) is 48.8. The molecule has 1 fully saturated rings. The molecule has 0 bridgehead atoms. The van der Waals surface area contributed by atoms with Gasteiger partial charge in [-0.3, -0.25) is 9.59 Å². The summed E-state index contributed by atoms with van der Waals surface area (Å²) in [5.74, 6) is -1.29. The fourth-order valence-corrected chi connectivity index (χ4v) is 8.49. The van der Waals surface area contributed by atoms with Crippen LogP contribution in [0.5, 0.6) is 0 Å². The molecule has 11 nitrogen and oxygen atoms in total. The third kappa shape index (κ3) is 36.7. The Morgan fingerprint density at radius 1 is 0.556 bits per heavy atom. The Morgan fingerprint density at radius 3 is 1.44 bits per heavy atom. The van der Waals surface area contributed by atoms with Crippen molar-refractivity contribution < 1.29 is 49.3 Å². The van der Waals surface area contributed by atoms with Gasteiger partial charge in [0.05, 0.1) is 25.4 Å². The van der Waals surface area contributed by atoms with Gasteiger partial charge in [-0.1, -0.05) is 241 Å². The second-order valence-electron chi connectivity index (χ2n) is 19.7. The first kappa shape index (κ1) is 66.9. The lowest BCUT2D eigenvalue weighted by Crippen LogP contribution is -2.61. The summed E-state index contributed by atoms with van der Waals surface area (Å²) in [4.78, 5) is 26.4. The van der Waals surface area contributed by atoms with Crippen LogP contribution in [0.4, 0.5) is 0 Å². The molecule has 8 atom stereocenters. The van der Waals surface area contributed by atoms with Gasteiger partial charge < -0.3 is 45.1 Å². The van der Waals surface area contributed by atoms with E-state index in [-0.39, 0.29) is 19.4 Å². The lowest BCUT2D eigenvalue weighted by atomic mass is 9.99. The number of hydrogen-bond acceptors (Lipinski definition) is 10. The number of ether oxygens (including phenoxy) is 3. The van der Waals surface area contributed by atoms with Gasteiger partial charge in [-0.2, -0.15) is 0 Å². The lowest BCUT2D eigenvalue weighted by molar-refractivity contribution is -0.305. The maximum absolute atomic E-state index is 13.3. The minimum absolute atomic E-state index is 0.0555. The molecule has 8 unspecified atom stereocenters. The highest BCUT2D eigenvalue weighted by Crippen LogP contribution is 2.26. The van der Waals surface area contributed by atoms with Crippen LogP contribution in [0.1, 0.15) is 226 Å². The van der Waals surface area contributed by atoms with Crippen LogP contribution in [0.3, 0.4) is 0 Å². The van der Waals surface area contributed by atoms with E-state index in [2.05, 4.69) is 80.8 Å². The monoisotopic (exact) mass is 1010 g/mol. The maximum atomic E-state index is 13.3. The molecule has 1 aliphatic heterocycles. The first-order chi connectivity index (χ1) is 35.2. The molecule has 1 aliphatic rings. The Balaban J connectivity index is 2.78. The highest BCUT2D eigenvalue weighted by Gasteiger charge is 2.47. The Labute approximate surface area is 438 Å². The van der Waals surface area contributed by atoms with Crippen molar-refractivity contribution >= 4 is 11.9 Å². The Hall–Kier alpha value is -3.16. The minimum atomic E-state index is -1.63. The number of rotatable bonds is 47. The fourth-order valence-electron chi connectivity index (χ4n) is 8.49. The molecule has 0 spiro atoms. The Kier molecular flexibility index (Phi) is 45.3. The number of amides is 1. The predicted octanol–water partition coefficient (Wildman–Crippen LogP) is 13.0. The molecule has 6 N–H and O–H groups in total. The number of hydrogen-bond donors (Lipinski definition) is 6. The molecule has 1 saturated heterocycles. The zero-order valence-corrected chi connectivity index (χ0v) is 45.5. The van der Waals surface area contributed by atoms with E-state index in [1.807, 2.05) is 18.2 Å². The predicted molar refractivity (Wildman–Crippen MR) is 296 cm³/mol. The zero-order valence-electron chi connectivity index (χ0n) is 45.5. The van der Waals surface area contributed by atoms with Gasteiger partial charge in [0.1, 0.15) is 24.4 Å². The third-order valence-corrected chi connectivity index (χ3v) is 13.1. The van der Waals surface area contributed by atoms with E-state index in [4.69, 9.17) is 14.2 Å². The van der Waals surface area contributed by atoms with Gasteiger partial charge >= 0.3 is 5.97 Å². The number of nitrogens with one attached hydrogen (secondary N) is 1. The van der Waals surface area contributed by atoms with Crippen molar-refractivity contribution in [3.8, 4) is 0 Å². The van der Waals surface area contributed by atoms with E-state index in [1.54, 1.807) is 12.2 Å². The van der Waals surface area contributed by atoms with Gasteiger partial charge in [-0.25, -0.2) is 0 Å². The third-order valence-electron chi connectivity index (χ3n) is 13.1. The molecular formula is C61H105NO10. The van der Waals surface area contributed by atoms with E-state index in [0.717, 1.165) is 77.0 Å². The molecule has 0 aliphatic carbocycles. The number of carbonyl (C=O) groups is 2. The summed E-state index contributed by atoms with van der Waals surface area (Å²) in [6, 6.07) is -1.07. The largest absolute Gasteiger partial charge is 0.454 e. The van der Waals surface area contributed by atoms with Gasteiger partial charge in [-0.15, -0.1) is 0 Å². The summed E-state index contributed by atoms with van der Waals surface area (Å²) in [5, 5.41) is 56.7. The van der Waals surface area contributed by atoms with E-state index in [0.29, 0.717) is 12.8 Å². The van der Waals surface area contributed by atoms with Gasteiger partial charge in [-0.05, 0) is 57.8 Å². The molecule has 1 rings (SSSR count). The zero-order chi connectivity index (χ0) is 52.5. The Morgan fingerprint density at radius 2 is 0.986 bits per heavy atom. The number of aliphatic hydroxyl groups excluding tert-OH is 5. The summed E-state index contributed by atoms with van der Waals surface area (Å²) >= 11 is 0. The van der Waals surface area contributed by atoms with Crippen LogP contribution < -0.4 is 5.32 Å². The van der Waals surface area contributed by atoms with Crippen LogP contribution in [0.2, 0.25) is 0 Å². The summed E-state index contributed by atoms with van der Waals surface area (Å²) in [6.07, 6.45) is 52.2. The van der Waals surface area contributed by atoms with Crippen molar-refractivity contribution in [1.82, 2.24) is 5.32 Å². The van der Waals surface area contributed by atoms with Gasteiger partial charge in [0.2, 0.25) is 5.91 Å². The molecule has 0 saturated carbocycles. The average molecular weight is 1010 g/mol. The van der Waals surface area contributed by atoms with Crippen LogP contribution >= 0.6 is 0 Å². The van der Waals surface area contributed by atoms with Crippen LogP contribution in [0.15, 0.2) is 85.1 Å². The summed E-state index contributed by atoms with van der Waals surface area (Å²) < 4.78 is 17.5. The van der Waals surface area contributed by atoms with Gasteiger partial charge in [0, 0.05) is 12.8 Å². The molecule has 0 aromatic rings. The van der Waals surface area contributed by atoms with Crippen LogP contribution in [0, 0.1) is 0 Å². The van der Waals surface area contributed by atoms with Gasteiger partial charge in [0.15, 0.2) is 12.4 Å². The van der Waals surface area contributed by atoms with Crippen molar-refractivity contribution in [2.75, 3.05) is 13.2 Å². The second-order valence-corrected chi connectivity index (χ2v) is 19.7. The summed E-state index contributed by atoms with van der Waals surface area (Å²) in [7, 11) is 0. The average Bonchev–Trinajstić information content (AvgIpc) is 3.38. The smallest absolute Gasteiger partial charge is 0.306 e. The molecule has 414 valence electrons. The number of allylic oxidation sites excluding steroid dienone is 12. The first-order valence-electron chi connectivity index (χ1n) is 28.9. The van der Waals surface area contributed by atoms with Crippen molar-refractivity contribution in [2.24, 2.45) is 0 Å². The van der Waals surface area contributed by atoms with E-state index >= 15 is 0 Å². The minimum Gasteiger partial charge on any atom is -0.454 e. The van der Waals surface area contributed by atoms with Crippen LogP contribution in [-0.2, 0) is 23.8 Å². The number of aliphatic hydroxyl groups is 5. The van der Waals surface area contributed by atoms with Crippen molar-refractivity contribution in [1.29, 1.82) is 0 Å². The standard InChI is InChI=1S/C61H105NO10/c1-4-7-10-13-16-19-22-24-26-27-28-29-30-33-36-39-42-45-48-54(65)60(69)62-52(53(64)47-44-41-38-35-32-21-18-15-12-9-6-3)51-70-61-59(58(68)57(67)55(50-63)71-61)72-56(66)49-46-43-40-37-34-31-25-23-20-17-14-11-8-5-2/h7,10,16,19,24,26,28-29,33,36,42,44-45,47,52-55,57-59,61,63-65,67-68H,4-6,8-9,11-15,17-18,20-23,25,27,30-32,34-35,37-41,43,46,48-51H2,1-3H3,(H,62,69)/b10-7-,19-16-,26-24-,29-28-,36-33-,45-42-,47-44+. The fraction of sp³-hybridized carbons (Fsp3) is 0.738. The molecule has 0 aromatic carbocycles. The topological polar surface area (TPSA) is 175 Å². The first-order valence-corrected chi connectivity index (χ1v) is 28.9. The van der Waals surface area contributed by atoms with E-state index in [1.165, 1.54) is 103 Å². The number of carbonyl (C=O) groups excluding carboxylic acids is 2. The quantitative estimate of drug-likeness (QED) is 0.0196. The van der Waals surface area contributed by atoms with Crippen molar-refractivity contribution in [3.05, 3.63) is 85.1 Å². The SMILES string of the molecule is CC/C=C\C/C=C\C/C=C\C/C=C\C/C=C\C/C=C\CC(O)C(=O)NC(COC1OC(CO)C(O)C(O)C1OC(=O)CCCCCCCCCCCCCCCC)C(O)/C=C/CCCCCCCCCCC. The lowest BCUT2D eigenvalue weighted by Gasteiger charge is -2.41. The summed E-state index contributed by atoms with van der Waals surface area (Å²) in [5.41, 5.74) is 0. The molecule has 0 radical (unpaired) electrons. The molecule has 0 aromatic heterocycles. The van der Waals surface area contributed by atoms with Crippen LogP contribution in [-0.4, -0.2) is 99.6 Å². The highest BCUT2D eigenvalue weighted by atomic mass is 16.7. The molecule has 11 heteroatoms. The molecule has 72 heavy (non-hydrogen) atoms. The van der Waals surface area contributed by atoms with E-state index < -0.39 is 67.4 Å². The van der Waals surface area contributed by atoms with Crippen molar-refractivity contribution in [2.45, 2.75) is 275 Å². The Bertz CT molecular complexity index is 1490. The van der Waals surface area contributed by atoms with Gasteiger partial charge in [0.25, 0.3) is 0 Å². The molecular weight excluding hydrogens is 907 g/mol. The van der Waals surface area contributed by atoms with Crippen molar-refractivity contribution in [3.63, 3.8) is 0 Å². The maximum Gasteiger partial charge on any atom is 0.306 e. The highest BCUT2D eigenvalue weighted by molar-refractivity contribution is 5.81. The molecule has 1 amide bonds.